The van der Waals surface area contributed by atoms with Crippen LogP contribution >= 0.6 is 11.6 Å². The molecule has 2 heterocycles. The van der Waals surface area contributed by atoms with Crippen LogP contribution in [-0.4, -0.2) is 35.4 Å². The maximum Gasteiger partial charge on any atom is 0.320 e. The summed E-state index contributed by atoms with van der Waals surface area (Å²) < 4.78 is 13.2. The summed E-state index contributed by atoms with van der Waals surface area (Å²) in [6.07, 6.45) is 2.33. The predicted molar refractivity (Wildman–Crippen MR) is 86.2 cm³/mol. The van der Waals surface area contributed by atoms with Gasteiger partial charge in [0, 0.05) is 31.0 Å². The first-order valence-electron chi connectivity index (χ1n) is 7.17. The van der Waals surface area contributed by atoms with Crippen LogP contribution in [0.4, 0.5) is 20.7 Å². The molecular formula is C15H15ClFN5O. The Bertz CT molecular complexity index is 700. The van der Waals surface area contributed by atoms with Gasteiger partial charge in [-0.25, -0.2) is 9.18 Å². The normalized spacial score (nSPS) is 17.1. The second-order valence-corrected chi connectivity index (χ2v) is 5.64. The summed E-state index contributed by atoms with van der Waals surface area (Å²) in [4.78, 5) is 14.0. The highest BCUT2D eigenvalue weighted by molar-refractivity contribution is 6.31. The number of anilines is 2. The maximum atomic E-state index is 13.2. The van der Waals surface area contributed by atoms with Crippen LogP contribution in [0.25, 0.3) is 0 Å². The number of carbonyl (C=O) groups is 1. The topological polar surface area (TPSA) is 70.1 Å². The molecule has 1 aromatic heterocycles. The highest BCUT2D eigenvalue weighted by Gasteiger charge is 2.24. The number of hydrogen-bond donors (Lipinski definition) is 2. The molecule has 3 rings (SSSR count). The molecule has 1 aromatic carbocycles. The van der Waals surface area contributed by atoms with E-state index in [1.807, 2.05) is 0 Å². The Hall–Kier alpha value is -2.41. The summed E-state index contributed by atoms with van der Waals surface area (Å²) in [5.41, 5.74) is 0.843. The highest BCUT2D eigenvalue weighted by atomic mass is 35.5. The molecule has 2 amide bonds. The summed E-state index contributed by atoms with van der Waals surface area (Å²) in [6.45, 7) is 1.40. The second-order valence-electron chi connectivity index (χ2n) is 5.24. The van der Waals surface area contributed by atoms with Crippen molar-refractivity contribution >= 4 is 29.1 Å². The van der Waals surface area contributed by atoms with E-state index >= 15 is 0 Å². The molecule has 1 saturated heterocycles. The Balaban J connectivity index is 1.55. The smallest absolute Gasteiger partial charge is 0.320 e. The molecule has 8 heteroatoms. The van der Waals surface area contributed by atoms with Gasteiger partial charge < -0.3 is 10.2 Å². The summed E-state index contributed by atoms with van der Waals surface area (Å²) >= 11 is 5.81. The zero-order valence-electron chi connectivity index (χ0n) is 12.2. The van der Waals surface area contributed by atoms with Crippen molar-refractivity contribution < 1.29 is 9.18 Å². The Labute approximate surface area is 137 Å². The monoisotopic (exact) mass is 335 g/mol. The molecule has 1 aliphatic rings. The Kier molecular flexibility index (Phi) is 4.57. The molecule has 2 aromatic rings. The molecule has 120 valence electrons. The van der Waals surface area contributed by atoms with E-state index in [4.69, 9.17) is 11.6 Å². The van der Waals surface area contributed by atoms with Crippen LogP contribution in [0.2, 0.25) is 5.02 Å². The lowest BCUT2D eigenvalue weighted by Crippen LogP contribution is -2.39. The van der Waals surface area contributed by atoms with Crippen LogP contribution in [0, 0.1) is 5.82 Å². The van der Waals surface area contributed by atoms with Crippen molar-refractivity contribution in [1.82, 2.24) is 15.5 Å². The van der Waals surface area contributed by atoms with E-state index in [9.17, 15) is 9.18 Å². The van der Waals surface area contributed by atoms with Crippen molar-refractivity contribution in [2.75, 3.05) is 23.3 Å². The number of carbonyl (C=O) groups excluding carboxylic acids is 1. The molecule has 1 fully saturated rings. The molecule has 23 heavy (non-hydrogen) atoms. The summed E-state index contributed by atoms with van der Waals surface area (Å²) in [7, 11) is 0. The maximum absolute atomic E-state index is 13.2. The van der Waals surface area contributed by atoms with E-state index in [1.165, 1.54) is 12.3 Å². The van der Waals surface area contributed by atoms with Crippen LogP contribution in [0.1, 0.15) is 6.42 Å². The first-order chi connectivity index (χ1) is 11.1. The number of hydrogen-bond acceptors (Lipinski definition) is 4. The first-order valence-corrected chi connectivity index (χ1v) is 7.55. The third-order valence-corrected chi connectivity index (χ3v) is 3.90. The van der Waals surface area contributed by atoms with Crippen molar-refractivity contribution in [3.63, 3.8) is 0 Å². The molecule has 2 N–H and O–H groups in total. The fourth-order valence-corrected chi connectivity index (χ4v) is 2.68. The molecular weight excluding hydrogens is 321 g/mol. The van der Waals surface area contributed by atoms with E-state index in [-0.39, 0.29) is 17.1 Å². The van der Waals surface area contributed by atoms with Gasteiger partial charge in [-0.15, -0.1) is 5.10 Å². The van der Waals surface area contributed by atoms with Gasteiger partial charge in [-0.05, 0) is 36.8 Å². The van der Waals surface area contributed by atoms with E-state index in [1.54, 1.807) is 24.3 Å². The second kappa shape index (κ2) is 6.78. The first kappa shape index (κ1) is 15.5. The van der Waals surface area contributed by atoms with Gasteiger partial charge in [0.15, 0.2) is 5.82 Å². The van der Waals surface area contributed by atoms with Gasteiger partial charge in [0.2, 0.25) is 0 Å². The third kappa shape index (κ3) is 3.87. The summed E-state index contributed by atoms with van der Waals surface area (Å²) in [6, 6.07) is 7.65. The van der Waals surface area contributed by atoms with E-state index < -0.39 is 5.82 Å². The fourth-order valence-electron chi connectivity index (χ4n) is 2.50. The number of nitrogens with zero attached hydrogens (tertiary/aromatic N) is 3. The SMILES string of the molecule is O=C(Nc1cccnn1)NC1CCN(c2ccc(F)c(Cl)c2)C1. The number of amides is 2. The van der Waals surface area contributed by atoms with Gasteiger partial charge in [0.25, 0.3) is 0 Å². The molecule has 0 radical (unpaired) electrons. The quantitative estimate of drug-likeness (QED) is 0.904. The average Bonchev–Trinajstić information content (AvgIpc) is 2.99. The minimum absolute atomic E-state index is 0.00417. The van der Waals surface area contributed by atoms with E-state index in [2.05, 4.69) is 25.7 Å². The van der Waals surface area contributed by atoms with Gasteiger partial charge in [0.05, 0.1) is 5.02 Å². The van der Waals surface area contributed by atoms with Crippen LogP contribution in [-0.2, 0) is 0 Å². The van der Waals surface area contributed by atoms with Gasteiger partial charge in [-0.1, -0.05) is 11.6 Å². The van der Waals surface area contributed by atoms with Crippen LogP contribution < -0.4 is 15.5 Å². The lowest BCUT2D eigenvalue weighted by molar-refractivity contribution is 0.249. The van der Waals surface area contributed by atoms with Crippen molar-refractivity contribution in [3.05, 3.63) is 47.4 Å². The van der Waals surface area contributed by atoms with Crippen molar-refractivity contribution in [3.8, 4) is 0 Å². The molecule has 1 atom stereocenters. The summed E-state index contributed by atoms with van der Waals surface area (Å²) in [5.74, 6) is -0.0437. The highest BCUT2D eigenvalue weighted by Crippen LogP contribution is 2.25. The average molecular weight is 336 g/mol. The Morgan fingerprint density at radius 1 is 1.39 bits per heavy atom. The van der Waals surface area contributed by atoms with Crippen LogP contribution in [0.15, 0.2) is 36.5 Å². The van der Waals surface area contributed by atoms with E-state index in [0.717, 1.165) is 18.7 Å². The molecule has 0 spiro atoms. The number of urea groups is 1. The number of nitrogens with one attached hydrogen (secondary N) is 2. The van der Waals surface area contributed by atoms with E-state index in [0.29, 0.717) is 12.4 Å². The lowest BCUT2D eigenvalue weighted by Gasteiger charge is -2.19. The molecule has 0 aliphatic carbocycles. The third-order valence-electron chi connectivity index (χ3n) is 3.61. The molecule has 0 bridgehead atoms. The largest absolute Gasteiger partial charge is 0.369 e. The van der Waals surface area contributed by atoms with Gasteiger partial charge >= 0.3 is 6.03 Å². The zero-order chi connectivity index (χ0) is 16.2. The Morgan fingerprint density at radius 3 is 3.00 bits per heavy atom. The van der Waals surface area contributed by atoms with Crippen molar-refractivity contribution in [2.45, 2.75) is 12.5 Å². The fraction of sp³-hybridized carbons (Fsp3) is 0.267. The molecule has 6 nitrogen and oxygen atoms in total. The van der Waals surface area contributed by atoms with Crippen molar-refractivity contribution in [1.29, 1.82) is 0 Å². The van der Waals surface area contributed by atoms with Gasteiger partial charge in [-0.2, -0.15) is 5.10 Å². The van der Waals surface area contributed by atoms with Gasteiger partial charge in [0.1, 0.15) is 5.82 Å². The molecule has 0 saturated carbocycles. The summed E-state index contributed by atoms with van der Waals surface area (Å²) in [5, 5.41) is 13.1. The minimum Gasteiger partial charge on any atom is -0.369 e. The van der Waals surface area contributed by atoms with Crippen LogP contribution in [0.5, 0.6) is 0 Å². The molecule has 1 unspecified atom stereocenters. The lowest BCUT2D eigenvalue weighted by atomic mass is 10.2. The number of benzene rings is 1. The Morgan fingerprint density at radius 2 is 2.26 bits per heavy atom. The predicted octanol–water partition coefficient (Wildman–Crippen LogP) is 2.67. The number of aromatic nitrogens is 2. The van der Waals surface area contributed by atoms with Crippen molar-refractivity contribution in [2.24, 2.45) is 0 Å². The minimum atomic E-state index is -0.437. The van der Waals surface area contributed by atoms with Crippen LogP contribution in [0.3, 0.4) is 0 Å². The number of halogens is 2. The molecule has 1 aliphatic heterocycles. The standard InChI is InChI=1S/C15H15ClFN5O/c16-12-8-11(3-4-13(12)17)22-7-5-10(9-22)19-15(23)20-14-2-1-6-18-21-14/h1-4,6,8,10H,5,7,9H2,(H2,19,20,21,23). The zero-order valence-corrected chi connectivity index (χ0v) is 12.9. The van der Waals surface area contributed by atoms with Gasteiger partial charge in [-0.3, -0.25) is 5.32 Å². The number of rotatable bonds is 3.